The Morgan fingerprint density at radius 1 is 0.571 bits per heavy atom. The molecule has 4 nitrogen and oxygen atoms in total. The van der Waals surface area contributed by atoms with Crippen LogP contribution in [-0.4, -0.2) is 12.4 Å². The number of benzene rings is 2. The fourth-order valence-corrected chi connectivity index (χ4v) is 3.09. The van der Waals surface area contributed by atoms with Crippen LogP contribution >= 0.6 is 23.2 Å². The molecule has 0 spiro atoms. The van der Waals surface area contributed by atoms with E-state index in [4.69, 9.17) is 32.0 Å². The highest BCUT2D eigenvalue weighted by Gasteiger charge is 2.08. The molecular weight excluding hydrogens is 395 g/mol. The fourth-order valence-electron chi connectivity index (χ4n) is 2.64. The van der Waals surface area contributed by atoms with E-state index in [1.165, 1.54) is 12.4 Å². The van der Waals surface area contributed by atoms with Gasteiger partial charge in [0.05, 0.1) is 22.5 Å². The van der Waals surface area contributed by atoms with Crippen LogP contribution in [0.4, 0.5) is 0 Å². The van der Waals surface area contributed by atoms with Gasteiger partial charge in [-0.1, -0.05) is 47.5 Å². The highest BCUT2D eigenvalue weighted by molar-refractivity contribution is 6.33. The quantitative estimate of drug-likeness (QED) is 0.264. The van der Waals surface area contributed by atoms with Gasteiger partial charge >= 0.3 is 0 Å². The van der Waals surface area contributed by atoms with Gasteiger partial charge in [-0.3, -0.25) is 0 Å². The van der Waals surface area contributed by atoms with Gasteiger partial charge in [-0.25, -0.2) is 0 Å². The van der Waals surface area contributed by atoms with E-state index >= 15 is 0 Å². The fraction of sp³-hybridized carbons (Fsp3) is 0. The molecule has 2 aromatic carbocycles. The maximum absolute atomic E-state index is 6.18. The summed E-state index contributed by atoms with van der Waals surface area (Å²) in [7, 11) is 0. The van der Waals surface area contributed by atoms with Gasteiger partial charge < -0.3 is 8.83 Å². The molecule has 0 fully saturated rings. The Labute approximate surface area is 171 Å². The predicted molar refractivity (Wildman–Crippen MR) is 113 cm³/mol. The summed E-state index contributed by atoms with van der Waals surface area (Å²) in [5.41, 5.74) is 1.66. The summed E-state index contributed by atoms with van der Waals surface area (Å²) in [6.45, 7) is 0. The van der Waals surface area contributed by atoms with Crippen molar-refractivity contribution in [3.63, 3.8) is 0 Å². The predicted octanol–water partition coefficient (Wildman–Crippen LogP) is 6.97. The van der Waals surface area contributed by atoms with E-state index < -0.39 is 0 Å². The van der Waals surface area contributed by atoms with Crippen molar-refractivity contribution in [2.45, 2.75) is 0 Å². The number of halogens is 2. The van der Waals surface area contributed by atoms with Crippen molar-refractivity contribution < 1.29 is 8.83 Å². The Balaban J connectivity index is 1.44. The third kappa shape index (κ3) is 4.09. The summed E-state index contributed by atoms with van der Waals surface area (Å²) in [6.07, 6.45) is 3.05. The molecule has 0 atom stereocenters. The lowest BCUT2D eigenvalue weighted by molar-refractivity contribution is 0.573. The molecule has 0 aliphatic heterocycles. The molecule has 0 radical (unpaired) electrons. The van der Waals surface area contributed by atoms with Crippen LogP contribution in [0.15, 0.2) is 91.8 Å². The third-order valence-corrected chi connectivity index (χ3v) is 4.63. The summed E-state index contributed by atoms with van der Waals surface area (Å²) >= 11 is 12.4. The Morgan fingerprint density at radius 2 is 1.00 bits per heavy atom. The Bertz CT molecular complexity index is 1070. The molecule has 0 bridgehead atoms. The largest absolute Gasteiger partial charge is 0.455 e. The maximum atomic E-state index is 6.18. The van der Waals surface area contributed by atoms with E-state index in [2.05, 4.69) is 10.2 Å². The van der Waals surface area contributed by atoms with Crippen LogP contribution in [0.3, 0.4) is 0 Å². The van der Waals surface area contributed by atoms with Crippen LogP contribution in [0.1, 0.15) is 11.5 Å². The van der Waals surface area contributed by atoms with Crippen molar-refractivity contribution in [3.05, 3.63) is 94.4 Å². The highest BCUT2D eigenvalue weighted by Crippen LogP contribution is 2.29. The Kier molecular flexibility index (Phi) is 5.42. The van der Waals surface area contributed by atoms with Crippen LogP contribution in [0.25, 0.3) is 22.6 Å². The maximum Gasteiger partial charge on any atom is 0.147 e. The topological polar surface area (TPSA) is 51.0 Å². The second kappa shape index (κ2) is 8.30. The molecule has 0 saturated carbocycles. The zero-order chi connectivity index (χ0) is 19.3. The van der Waals surface area contributed by atoms with Crippen LogP contribution < -0.4 is 0 Å². The van der Waals surface area contributed by atoms with E-state index in [0.29, 0.717) is 33.1 Å². The average Bonchev–Trinajstić information content (AvgIpc) is 3.36. The second-order valence-electron chi connectivity index (χ2n) is 5.85. The van der Waals surface area contributed by atoms with E-state index in [1.807, 2.05) is 60.7 Å². The van der Waals surface area contributed by atoms with Gasteiger partial charge in [0.2, 0.25) is 0 Å². The SMILES string of the molecule is Clc1ccccc1-c1ccc(C=NN=Cc2ccc(-c3ccccc3Cl)o2)o1. The molecular formula is C22H14Cl2N2O2. The van der Waals surface area contributed by atoms with Gasteiger partial charge in [-0.15, -0.1) is 0 Å². The number of rotatable bonds is 5. The Hall–Kier alpha value is -3.08. The van der Waals surface area contributed by atoms with E-state index in [0.717, 1.165) is 11.1 Å². The van der Waals surface area contributed by atoms with Crippen LogP contribution in [0.5, 0.6) is 0 Å². The number of nitrogens with zero attached hydrogens (tertiary/aromatic N) is 2. The Morgan fingerprint density at radius 3 is 1.43 bits per heavy atom. The van der Waals surface area contributed by atoms with E-state index in [-0.39, 0.29) is 0 Å². The van der Waals surface area contributed by atoms with Crippen molar-refractivity contribution in [2.24, 2.45) is 10.2 Å². The molecule has 138 valence electrons. The molecule has 0 N–H and O–H groups in total. The monoisotopic (exact) mass is 408 g/mol. The minimum atomic E-state index is 0.572. The molecule has 0 aliphatic rings. The summed E-state index contributed by atoms with van der Waals surface area (Å²) in [5, 5.41) is 9.26. The minimum absolute atomic E-state index is 0.572. The van der Waals surface area contributed by atoms with Crippen molar-refractivity contribution in [1.29, 1.82) is 0 Å². The molecule has 28 heavy (non-hydrogen) atoms. The summed E-state index contributed by atoms with van der Waals surface area (Å²) in [4.78, 5) is 0. The number of hydrogen-bond donors (Lipinski definition) is 0. The first-order valence-corrected chi connectivity index (χ1v) is 9.22. The third-order valence-electron chi connectivity index (χ3n) is 3.97. The van der Waals surface area contributed by atoms with Gasteiger partial charge in [0.1, 0.15) is 23.0 Å². The minimum Gasteiger partial charge on any atom is -0.455 e. The van der Waals surface area contributed by atoms with Crippen molar-refractivity contribution >= 4 is 35.6 Å². The summed E-state index contributed by atoms with van der Waals surface area (Å²) < 4.78 is 11.5. The summed E-state index contributed by atoms with van der Waals surface area (Å²) in [6, 6.07) is 22.3. The normalized spacial score (nSPS) is 11.6. The highest BCUT2D eigenvalue weighted by atomic mass is 35.5. The van der Waals surface area contributed by atoms with Gasteiger partial charge in [0.15, 0.2) is 0 Å². The first kappa shape index (κ1) is 18.3. The smallest absolute Gasteiger partial charge is 0.147 e. The molecule has 0 unspecified atom stereocenters. The van der Waals surface area contributed by atoms with Gasteiger partial charge in [0.25, 0.3) is 0 Å². The zero-order valence-corrected chi connectivity index (χ0v) is 16.1. The van der Waals surface area contributed by atoms with Crippen LogP contribution in [0.2, 0.25) is 10.0 Å². The molecule has 2 aromatic heterocycles. The molecule has 0 saturated heterocycles. The molecule has 2 heterocycles. The number of furan rings is 2. The zero-order valence-electron chi connectivity index (χ0n) is 14.5. The van der Waals surface area contributed by atoms with Crippen molar-refractivity contribution in [3.8, 4) is 22.6 Å². The first-order chi connectivity index (χ1) is 13.7. The molecule has 4 aromatic rings. The second-order valence-corrected chi connectivity index (χ2v) is 6.67. The molecule has 0 amide bonds. The van der Waals surface area contributed by atoms with Crippen molar-refractivity contribution in [2.75, 3.05) is 0 Å². The van der Waals surface area contributed by atoms with Crippen molar-refractivity contribution in [1.82, 2.24) is 0 Å². The molecule has 6 heteroatoms. The van der Waals surface area contributed by atoms with E-state index in [1.54, 1.807) is 12.1 Å². The molecule has 4 rings (SSSR count). The summed E-state index contributed by atoms with van der Waals surface area (Å²) in [5.74, 6) is 2.49. The van der Waals surface area contributed by atoms with Crippen LogP contribution in [-0.2, 0) is 0 Å². The van der Waals surface area contributed by atoms with Gasteiger partial charge in [-0.2, -0.15) is 10.2 Å². The average molecular weight is 409 g/mol. The van der Waals surface area contributed by atoms with Gasteiger partial charge in [-0.05, 0) is 48.5 Å². The van der Waals surface area contributed by atoms with Crippen LogP contribution in [0, 0.1) is 0 Å². The standard InChI is InChI=1S/C22H14Cl2N2O2/c23-19-7-3-1-5-17(19)21-11-9-15(27-21)13-25-26-14-16-10-12-22(28-16)18-6-2-4-8-20(18)24/h1-14H. The lowest BCUT2D eigenvalue weighted by Crippen LogP contribution is -1.77. The van der Waals surface area contributed by atoms with Gasteiger partial charge in [0, 0.05) is 11.1 Å². The lowest BCUT2D eigenvalue weighted by Gasteiger charge is -1.98. The molecule has 0 aliphatic carbocycles. The first-order valence-electron chi connectivity index (χ1n) is 8.46. The number of hydrogen-bond acceptors (Lipinski definition) is 4. The van der Waals surface area contributed by atoms with E-state index in [9.17, 15) is 0 Å². The lowest BCUT2D eigenvalue weighted by atomic mass is 10.2.